The summed E-state index contributed by atoms with van der Waals surface area (Å²) in [4.78, 5) is 4.16. The third kappa shape index (κ3) is 4.66. The Balaban J connectivity index is 1.69. The maximum absolute atomic E-state index is 5.56. The molecule has 20 heavy (non-hydrogen) atoms. The van der Waals surface area contributed by atoms with Crippen LogP contribution in [0.5, 0.6) is 6.01 Å². The summed E-state index contributed by atoms with van der Waals surface area (Å²) in [6.07, 6.45) is 6.36. The van der Waals surface area contributed by atoms with Crippen molar-refractivity contribution in [2.24, 2.45) is 0 Å². The maximum atomic E-state index is 5.56. The van der Waals surface area contributed by atoms with E-state index in [1.54, 1.807) is 11.0 Å². The van der Waals surface area contributed by atoms with Gasteiger partial charge < -0.3 is 10.1 Å². The van der Waals surface area contributed by atoms with Crippen LogP contribution in [-0.2, 0) is 0 Å². The zero-order valence-corrected chi connectivity index (χ0v) is 12.0. The Morgan fingerprint density at radius 2 is 1.90 bits per heavy atom. The molecule has 0 fully saturated rings. The lowest BCUT2D eigenvalue weighted by Crippen LogP contribution is -2.07. The SMILES string of the molecule is CNCCCCCCOc1ncn(-c2ccccc2)n1. The van der Waals surface area contributed by atoms with Crippen LogP contribution < -0.4 is 10.1 Å². The van der Waals surface area contributed by atoms with Crippen LogP contribution in [-0.4, -0.2) is 35.0 Å². The van der Waals surface area contributed by atoms with Crippen molar-refractivity contribution in [1.29, 1.82) is 0 Å². The van der Waals surface area contributed by atoms with Crippen molar-refractivity contribution < 1.29 is 4.74 Å². The van der Waals surface area contributed by atoms with Gasteiger partial charge in [0, 0.05) is 0 Å². The lowest BCUT2D eigenvalue weighted by molar-refractivity contribution is 0.281. The lowest BCUT2D eigenvalue weighted by atomic mass is 10.2. The number of para-hydroxylation sites is 1. The van der Waals surface area contributed by atoms with Crippen molar-refractivity contribution in [2.45, 2.75) is 25.7 Å². The minimum atomic E-state index is 0.448. The number of aromatic nitrogens is 3. The van der Waals surface area contributed by atoms with Gasteiger partial charge in [0.1, 0.15) is 6.33 Å². The van der Waals surface area contributed by atoms with Gasteiger partial charge in [-0.15, -0.1) is 5.10 Å². The van der Waals surface area contributed by atoms with Crippen LogP contribution >= 0.6 is 0 Å². The summed E-state index contributed by atoms with van der Waals surface area (Å²) in [5, 5.41) is 7.45. The van der Waals surface area contributed by atoms with E-state index in [-0.39, 0.29) is 0 Å². The van der Waals surface area contributed by atoms with E-state index in [9.17, 15) is 0 Å². The summed E-state index contributed by atoms with van der Waals surface area (Å²) in [5.41, 5.74) is 0.988. The van der Waals surface area contributed by atoms with Gasteiger partial charge in [0.05, 0.1) is 12.3 Å². The van der Waals surface area contributed by atoms with Crippen molar-refractivity contribution in [1.82, 2.24) is 20.1 Å². The molecule has 0 bridgehead atoms. The molecule has 0 radical (unpaired) electrons. The second-order valence-electron chi connectivity index (χ2n) is 4.67. The minimum absolute atomic E-state index is 0.448. The van der Waals surface area contributed by atoms with Crippen molar-refractivity contribution in [3.63, 3.8) is 0 Å². The highest BCUT2D eigenvalue weighted by atomic mass is 16.5. The molecule has 1 aromatic heterocycles. The van der Waals surface area contributed by atoms with Crippen LogP contribution in [0.2, 0.25) is 0 Å². The van der Waals surface area contributed by atoms with Crippen LogP contribution in [0.4, 0.5) is 0 Å². The van der Waals surface area contributed by atoms with Crippen molar-refractivity contribution in [3.05, 3.63) is 36.7 Å². The highest BCUT2D eigenvalue weighted by Crippen LogP contribution is 2.09. The Morgan fingerprint density at radius 1 is 1.10 bits per heavy atom. The first-order chi connectivity index (χ1) is 9.90. The summed E-state index contributed by atoms with van der Waals surface area (Å²) >= 11 is 0. The first kappa shape index (κ1) is 14.5. The molecule has 1 aromatic carbocycles. The van der Waals surface area contributed by atoms with Gasteiger partial charge in [-0.1, -0.05) is 31.0 Å². The van der Waals surface area contributed by atoms with E-state index in [0.29, 0.717) is 12.6 Å². The third-order valence-corrected chi connectivity index (χ3v) is 3.04. The van der Waals surface area contributed by atoms with Crippen molar-refractivity contribution in [3.8, 4) is 11.7 Å². The lowest BCUT2D eigenvalue weighted by Gasteiger charge is -2.02. The fraction of sp³-hybridized carbons (Fsp3) is 0.467. The number of nitrogens with zero attached hydrogens (tertiary/aromatic N) is 3. The molecule has 2 rings (SSSR count). The molecule has 1 heterocycles. The van der Waals surface area contributed by atoms with Gasteiger partial charge in [-0.3, -0.25) is 0 Å². The average molecular weight is 274 g/mol. The molecular weight excluding hydrogens is 252 g/mol. The summed E-state index contributed by atoms with van der Waals surface area (Å²) < 4.78 is 7.28. The molecule has 0 aliphatic rings. The largest absolute Gasteiger partial charge is 0.462 e. The van der Waals surface area contributed by atoms with E-state index in [0.717, 1.165) is 18.7 Å². The Hall–Kier alpha value is -1.88. The molecule has 0 aliphatic carbocycles. The van der Waals surface area contributed by atoms with Gasteiger partial charge in [0.15, 0.2) is 0 Å². The number of rotatable bonds is 9. The zero-order chi connectivity index (χ0) is 14.0. The van der Waals surface area contributed by atoms with E-state index >= 15 is 0 Å². The molecule has 0 aliphatic heterocycles. The number of nitrogens with one attached hydrogen (secondary N) is 1. The van der Waals surface area contributed by atoms with Crippen LogP contribution in [0.15, 0.2) is 36.7 Å². The Kier molecular flexibility index (Phi) is 6.05. The quantitative estimate of drug-likeness (QED) is 0.714. The summed E-state index contributed by atoms with van der Waals surface area (Å²) in [7, 11) is 1.98. The Morgan fingerprint density at radius 3 is 2.70 bits per heavy atom. The van der Waals surface area contributed by atoms with E-state index < -0.39 is 0 Å². The number of unbranched alkanes of at least 4 members (excludes halogenated alkanes) is 3. The fourth-order valence-corrected chi connectivity index (χ4v) is 1.94. The minimum Gasteiger partial charge on any atom is -0.462 e. The second-order valence-corrected chi connectivity index (χ2v) is 4.67. The molecule has 5 heteroatoms. The van der Waals surface area contributed by atoms with Gasteiger partial charge in [-0.05, 0) is 38.6 Å². The molecule has 108 valence electrons. The van der Waals surface area contributed by atoms with Gasteiger partial charge in [0.2, 0.25) is 0 Å². The number of ether oxygens (including phenoxy) is 1. The van der Waals surface area contributed by atoms with E-state index in [2.05, 4.69) is 15.4 Å². The Bertz CT molecular complexity index is 484. The van der Waals surface area contributed by atoms with Crippen molar-refractivity contribution in [2.75, 3.05) is 20.2 Å². The molecule has 2 aromatic rings. The van der Waals surface area contributed by atoms with E-state index in [1.807, 2.05) is 37.4 Å². The standard InChI is InChI=1S/C15H22N4O/c1-16-11-7-2-3-8-12-20-15-17-13-19(18-15)14-9-5-4-6-10-14/h4-6,9-10,13,16H,2-3,7-8,11-12H2,1H3. The zero-order valence-electron chi connectivity index (χ0n) is 12.0. The third-order valence-electron chi connectivity index (χ3n) is 3.04. The topological polar surface area (TPSA) is 52.0 Å². The molecule has 0 unspecified atom stereocenters. The summed E-state index contributed by atoms with van der Waals surface area (Å²) in [5.74, 6) is 0. The predicted molar refractivity (Wildman–Crippen MR) is 79.2 cm³/mol. The van der Waals surface area contributed by atoms with Gasteiger partial charge in [0.25, 0.3) is 0 Å². The first-order valence-electron chi connectivity index (χ1n) is 7.14. The number of hydrogen-bond acceptors (Lipinski definition) is 4. The van der Waals surface area contributed by atoms with Crippen LogP contribution in [0, 0.1) is 0 Å². The number of hydrogen-bond donors (Lipinski definition) is 1. The van der Waals surface area contributed by atoms with Gasteiger partial charge in [-0.25, -0.2) is 4.68 Å². The molecule has 0 spiro atoms. The normalized spacial score (nSPS) is 10.7. The average Bonchev–Trinajstić information content (AvgIpc) is 2.96. The monoisotopic (exact) mass is 274 g/mol. The van der Waals surface area contributed by atoms with Gasteiger partial charge in [-0.2, -0.15) is 4.98 Å². The molecule has 0 amide bonds. The Labute approximate surface area is 120 Å². The highest BCUT2D eigenvalue weighted by Gasteiger charge is 2.02. The van der Waals surface area contributed by atoms with Crippen LogP contribution in [0.3, 0.4) is 0 Å². The van der Waals surface area contributed by atoms with Crippen molar-refractivity contribution >= 4 is 0 Å². The smallest absolute Gasteiger partial charge is 0.335 e. The first-order valence-corrected chi connectivity index (χ1v) is 7.14. The molecule has 5 nitrogen and oxygen atoms in total. The molecule has 0 atom stereocenters. The molecular formula is C15H22N4O. The summed E-state index contributed by atoms with van der Waals surface area (Å²) in [6.45, 7) is 1.77. The summed E-state index contributed by atoms with van der Waals surface area (Å²) in [6, 6.07) is 10.3. The predicted octanol–water partition coefficient (Wildman–Crippen LogP) is 2.43. The highest BCUT2D eigenvalue weighted by molar-refractivity contribution is 5.29. The molecule has 1 N–H and O–H groups in total. The molecule has 0 saturated heterocycles. The van der Waals surface area contributed by atoms with Crippen LogP contribution in [0.1, 0.15) is 25.7 Å². The molecule has 0 saturated carbocycles. The number of benzene rings is 1. The maximum Gasteiger partial charge on any atom is 0.335 e. The van der Waals surface area contributed by atoms with E-state index in [4.69, 9.17) is 4.74 Å². The second kappa shape index (κ2) is 8.32. The van der Waals surface area contributed by atoms with E-state index in [1.165, 1.54) is 19.3 Å². The van der Waals surface area contributed by atoms with Crippen LogP contribution in [0.25, 0.3) is 5.69 Å². The fourth-order valence-electron chi connectivity index (χ4n) is 1.94. The van der Waals surface area contributed by atoms with Gasteiger partial charge >= 0.3 is 6.01 Å².